The van der Waals surface area contributed by atoms with E-state index in [0.717, 1.165) is 0 Å². The lowest BCUT2D eigenvalue weighted by atomic mass is 9.77. The van der Waals surface area contributed by atoms with E-state index in [0.29, 0.717) is 5.56 Å². The fraction of sp³-hybridized carbons (Fsp3) is 0.611. The van der Waals surface area contributed by atoms with Crippen LogP contribution in [0.15, 0.2) is 28.6 Å². The largest absolute Gasteiger partial charge is 0.251 e. The number of nitrogens with zero attached hydrogens (tertiary/aromatic N) is 2. The summed E-state index contributed by atoms with van der Waals surface area (Å²) >= 11 is 0. The molecule has 0 aliphatic rings. The summed E-state index contributed by atoms with van der Waals surface area (Å²) in [6.07, 6.45) is 0.220. The lowest BCUT2D eigenvalue weighted by molar-refractivity contribution is 0.402. The van der Waals surface area contributed by atoms with E-state index >= 15 is 0 Å². The Hall–Kier alpha value is -1.30. The number of nitrogens with two attached hydrogens (primary N) is 1. The van der Waals surface area contributed by atoms with E-state index in [4.69, 9.17) is 5.14 Å². The van der Waals surface area contributed by atoms with Crippen LogP contribution >= 0.6 is 0 Å². The molecule has 0 bridgehead atoms. The fourth-order valence-corrected chi connectivity index (χ4v) is 5.83. The van der Waals surface area contributed by atoms with Gasteiger partial charge in [0.2, 0.25) is 0 Å². The first-order valence-electron chi connectivity index (χ1n) is 8.20. The van der Waals surface area contributed by atoms with Gasteiger partial charge in [-0.25, -0.2) is 17.2 Å². The number of hydrogen-bond acceptors (Lipinski definition) is 4. The van der Waals surface area contributed by atoms with Crippen molar-refractivity contribution in [3.05, 3.63) is 35.6 Å². The molecule has 0 saturated heterocycles. The predicted molar refractivity (Wildman–Crippen MR) is 106 cm³/mol. The van der Waals surface area contributed by atoms with E-state index in [2.05, 4.69) is 10.4 Å². The molecule has 1 rings (SSSR count). The van der Waals surface area contributed by atoms with Gasteiger partial charge in [-0.3, -0.25) is 5.14 Å². The molecule has 0 aliphatic heterocycles. The molecule has 146 valence electrons. The second kappa shape index (κ2) is 7.75. The van der Waals surface area contributed by atoms with Crippen LogP contribution in [-0.2, 0) is 26.1 Å². The van der Waals surface area contributed by atoms with Gasteiger partial charge in [-0.05, 0) is 45.7 Å². The number of benzene rings is 1. The zero-order valence-electron chi connectivity index (χ0n) is 16.2. The molecular formula is C18H28FN3O2S2. The van der Waals surface area contributed by atoms with E-state index in [1.54, 1.807) is 52.8 Å². The smallest absolute Gasteiger partial charge is 0.134 e. The molecule has 0 heterocycles. The van der Waals surface area contributed by atoms with Crippen molar-refractivity contribution in [3.8, 4) is 6.07 Å². The first-order valence-corrected chi connectivity index (χ1v) is 11.1. The van der Waals surface area contributed by atoms with Crippen LogP contribution in [0.5, 0.6) is 0 Å². The summed E-state index contributed by atoms with van der Waals surface area (Å²) in [7, 11) is -3.27. The highest BCUT2D eigenvalue weighted by atomic mass is 32.2. The van der Waals surface area contributed by atoms with E-state index < -0.39 is 41.4 Å². The maximum atomic E-state index is 14.6. The van der Waals surface area contributed by atoms with Gasteiger partial charge in [-0.1, -0.05) is 25.1 Å². The van der Waals surface area contributed by atoms with E-state index in [-0.39, 0.29) is 12.2 Å². The molecule has 0 fully saturated rings. The van der Waals surface area contributed by atoms with Crippen molar-refractivity contribution in [2.24, 2.45) is 9.50 Å². The first kappa shape index (κ1) is 22.7. The van der Waals surface area contributed by atoms with Gasteiger partial charge in [0.1, 0.15) is 10.6 Å². The molecule has 8 heteroatoms. The van der Waals surface area contributed by atoms with Gasteiger partial charge < -0.3 is 0 Å². The normalized spacial score (nSPS) is 18.3. The third-order valence-corrected chi connectivity index (χ3v) is 9.30. The molecule has 5 nitrogen and oxygen atoms in total. The Balaban J connectivity index is 3.63. The summed E-state index contributed by atoms with van der Waals surface area (Å²) in [4.78, 5) is 0. The molecule has 26 heavy (non-hydrogen) atoms. The van der Waals surface area contributed by atoms with Crippen molar-refractivity contribution in [2.45, 2.75) is 55.9 Å². The molecule has 3 atom stereocenters. The minimum Gasteiger partial charge on any atom is -0.251 e. The van der Waals surface area contributed by atoms with Crippen LogP contribution in [0.1, 0.15) is 46.6 Å². The highest BCUT2D eigenvalue weighted by Gasteiger charge is 2.44. The van der Waals surface area contributed by atoms with E-state index in [1.807, 2.05) is 0 Å². The minimum atomic E-state index is -3.02. The molecule has 1 aromatic carbocycles. The average molecular weight is 402 g/mol. The predicted octanol–water partition coefficient (Wildman–Crippen LogP) is 3.27. The van der Waals surface area contributed by atoms with Crippen molar-refractivity contribution < 1.29 is 12.8 Å². The van der Waals surface area contributed by atoms with Crippen LogP contribution in [-0.4, -0.2) is 30.7 Å². The van der Waals surface area contributed by atoms with Crippen molar-refractivity contribution in [1.29, 1.82) is 5.26 Å². The average Bonchev–Trinajstić information content (AvgIpc) is 2.54. The second-order valence-electron chi connectivity index (χ2n) is 7.86. The van der Waals surface area contributed by atoms with Crippen molar-refractivity contribution in [1.82, 2.24) is 0 Å². The summed E-state index contributed by atoms with van der Waals surface area (Å²) in [6, 6.07) is 8.29. The zero-order chi connectivity index (χ0) is 20.4. The van der Waals surface area contributed by atoms with Crippen LogP contribution in [0.4, 0.5) is 4.39 Å². The second-order valence-corrected chi connectivity index (χ2v) is 12.5. The number of rotatable bonds is 7. The Kier molecular flexibility index (Phi) is 6.78. The molecule has 0 radical (unpaired) electrons. The molecule has 0 aliphatic carbocycles. The van der Waals surface area contributed by atoms with Crippen molar-refractivity contribution in [2.75, 3.05) is 12.8 Å². The standard InChI is InChI=1S/C18H28FN3O2S2/c1-16(2,25(21)23)11-18(5,14-9-7-8-10-15(14)19)13-26(24,22-6)17(3,4)12-20/h7-10H,11,13,21H2,1-6H3/t18-,25?,26+/m0/s1. The maximum absolute atomic E-state index is 14.6. The van der Waals surface area contributed by atoms with Gasteiger partial charge in [0, 0.05) is 18.2 Å². The van der Waals surface area contributed by atoms with E-state index in [1.165, 1.54) is 13.1 Å². The Bertz CT molecular complexity index is 852. The monoisotopic (exact) mass is 401 g/mol. The molecule has 0 amide bonds. The summed E-state index contributed by atoms with van der Waals surface area (Å²) in [5, 5.41) is 15.1. The molecule has 0 saturated carbocycles. The third kappa shape index (κ3) is 4.51. The van der Waals surface area contributed by atoms with Crippen molar-refractivity contribution in [3.63, 3.8) is 0 Å². The highest BCUT2D eigenvalue weighted by Crippen LogP contribution is 2.39. The molecule has 1 unspecified atom stereocenters. The van der Waals surface area contributed by atoms with Gasteiger partial charge >= 0.3 is 0 Å². The fourth-order valence-electron chi connectivity index (χ4n) is 3.16. The van der Waals surface area contributed by atoms with Crippen LogP contribution < -0.4 is 5.14 Å². The lowest BCUT2D eigenvalue weighted by Crippen LogP contribution is -2.46. The first-order chi connectivity index (χ1) is 11.7. The summed E-state index contributed by atoms with van der Waals surface area (Å²) < 4.78 is 42.1. The van der Waals surface area contributed by atoms with Crippen LogP contribution in [0.25, 0.3) is 0 Å². The topological polar surface area (TPSA) is 96.3 Å². The van der Waals surface area contributed by atoms with Gasteiger partial charge in [-0.15, -0.1) is 0 Å². The van der Waals surface area contributed by atoms with Gasteiger partial charge in [-0.2, -0.15) is 5.26 Å². The van der Waals surface area contributed by atoms with Crippen LogP contribution in [0.3, 0.4) is 0 Å². The van der Waals surface area contributed by atoms with E-state index in [9.17, 15) is 18.1 Å². The molecular weight excluding hydrogens is 373 g/mol. The van der Waals surface area contributed by atoms with Gasteiger partial charge in [0.05, 0.1) is 31.5 Å². The van der Waals surface area contributed by atoms with Crippen LogP contribution in [0.2, 0.25) is 0 Å². The van der Waals surface area contributed by atoms with Crippen molar-refractivity contribution >= 4 is 20.7 Å². The Morgan fingerprint density at radius 3 is 2.23 bits per heavy atom. The SMILES string of the molecule is CN=[S@@](=O)(C[C@](C)(CC(C)(C)S(N)=O)c1ccccc1F)C(C)(C)C#N. The highest BCUT2D eigenvalue weighted by molar-refractivity contribution is 7.95. The number of nitriles is 1. The van der Waals surface area contributed by atoms with Gasteiger partial charge in [0.15, 0.2) is 0 Å². The summed E-state index contributed by atoms with van der Waals surface area (Å²) in [5.74, 6) is -0.486. The molecule has 0 spiro atoms. The number of hydrogen-bond donors (Lipinski definition) is 1. The summed E-state index contributed by atoms with van der Waals surface area (Å²) in [6.45, 7) is 8.34. The Morgan fingerprint density at radius 1 is 1.27 bits per heavy atom. The maximum Gasteiger partial charge on any atom is 0.134 e. The molecule has 2 N–H and O–H groups in total. The zero-order valence-corrected chi connectivity index (χ0v) is 17.8. The van der Waals surface area contributed by atoms with Crippen LogP contribution in [0, 0.1) is 17.1 Å². The Labute approximate surface area is 158 Å². The third-order valence-electron chi connectivity index (χ3n) is 4.76. The number of halogens is 1. The minimum absolute atomic E-state index is 0.0430. The molecule has 0 aromatic heterocycles. The lowest BCUT2D eigenvalue weighted by Gasteiger charge is -2.39. The van der Waals surface area contributed by atoms with Gasteiger partial charge in [0.25, 0.3) is 0 Å². The quantitative estimate of drug-likeness (QED) is 0.759. The molecule has 1 aromatic rings. The summed E-state index contributed by atoms with van der Waals surface area (Å²) in [5.41, 5.74) is -0.627. The Morgan fingerprint density at radius 2 is 1.81 bits per heavy atom.